The van der Waals surface area contributed by atoms with Crippen molar-refractivity contribution in [2.24, 2.45) is 0 Å². The fourth-order valence-electron chi connectivity index (χ4n) is 2.67. The molecule has 0 amide bonds. The lowest BCUT2D eigenvalue weighted by Gasteiger charge is -2.36. The second kappa shape index (κ2) is 5.59. The highest BCUT2D eigenvalue weighted by Gasteiger charge is 2.51. The standard InChI is InChI=1S/C18H22Si/c1-7-19(8-2,17-9-13(3)14(4)10-17)18-11-15(5)16(6)12-18/h7-12H,1-2H2,3-6H3. The van der Waals surface area contributed by atoms with Gasteiger partial charge in [0.15, 0.2) is 0 Å². The molecule has 2 aliphatic carbocycles. The van der Waals surface area contributed by atoms with E-state index in [-0.39, 0.29) is 0 Å². The zero-order chi connectivity index (χ0) is 14.2. The van der Waals surface area contributed by atoms with Crippen LogP contribution in [0.2, 0.25) is 0 Å². The zero-order valence-electron chi connectivity index (χ0n) is 12.4. The first-order valence-electron chi connectivity index (χ1n) is 6.70. The quantitative estimate of drug-likeness (QED) is 0.664. The highest BCUT2D eigenvalue weighted by Crippen LogP contribution is 2.52. The molecule has 0 bridgehead atoms. The van der Waals surface area contributed by atoms with Gasteiger partial charge in [-0.1, -0.05) is 39.1 Å². The number of hydrogen-bond donors (Lipinski definition) is 0. The number of hydrogen-bond acceptors (Lipinski definition) is 0. The van der Waals surface area contributed by atoms with Crippen molar-refractivity contribution in [3.05, 3.63) is 85.0 Å². The molecule has 0 unspecified atom stereocenters. The van der Waals surface area contributed by atoms with Crippen molar-refractivity contribution < 1.29 is 0 Å². The topological polar surface area (TPSA) is 0 Å². The molecule has 2 rings (SSSR count). The summed E-state index contributed by atoms with van der Waals surface area (Å²) in [5, 5.41) is 0. The maximum atomic E-state index is 4.13. The first-order valence-corrected chi connectivity index (χ1v) is 8.86. The fraction of sp³-hybridized carbons (Fsp3) is 0.222. The molecule has 98 valence electrons. The Morgan fingerprint density at radius 1 is 0.684 bits per heavy atom. The Kier molecular flexibility index (Phi) is 4.44. The summed E-state index contributed by atoms with van der Waals surface area (Å²) < 4.78 is 0. The minimum absolute atomic E-state index is 1.36. The monoisotopic (exact) mass is 266 g/mol. The summed E-state index contributed by atoms with van der Waals surface area (Å²) in [5.41, 5.74) is 7.08. The minimum atomic E-state index is -1.99. The summed E-state index contributed by atoms with van der Waals surface area (Å²) in [6.45, 7) is 16.9. The van der Waals surface area contributed by atoms with Crippen LogP contribution < -0.4 is 0 Å². The molecule has 0 heterocycles. The van der Waals surface area contributed by atoms with E-state index >= 15 is 0 Å². The van der Waals surface area contributed by atoms with Gasteiger partial charge < -0.3 is 0 Å². The lowest BCUT2D eigenvalue weighted by Crippen LogP contribution is -2.44. The van der Waals surface area contributed by atoms with Crippen molar-refractivity contribution in [2.45, 2.75) is 27.7 Å². The third-order valence-electron chi connectivity index (χ3n) is 4.33. The molecule has 2 fully saturated rings. The van der Waals surface area contributed by atoms with E-state index in [1.54, 1.807) is 0 Å². The minimum Gasteiger partial charge on any atom is -0.107 e. The van der Waals surface area contributed by atoms with Crippen molar-refractivity contribution in [1.29, 1.82) is 0 Å². The maximum Gasteiger partial charge on any atom is 0.115 e. The van der Waals surface area contributed by atoms with Crippen LogP contribution in [-0.4, -0.2) is 8.07 Å². The van der Waals surface area contributed by atoms with Gasteiger partial charge in [-0.05, 0) is 60.4 Å². The van der Waals surface area contributed by atoms with E-state index in [2.05, 4.69) is 77.9 Å². The second-order valence-electron chi connectivity index (χ2n) is 5.50. The molecule has 0 nitrogen and oxygen atoms in total. The van der Waals surface area contributed by atoms with Crippen LogP contribution in [-0.2, 0) is 0 Å². The SMILES string of the molecule is C=C[Si](C=C)([C]1[CH][C](C)[C](C)[CH]1)[C]1[CH][C](C)[C](C)[CH]1. The average Bonchev–Trinajstić information content (AvgIpc) is 2.88. The Bertz CT molecular complexity index is 292. The molecule has 0 aliphatic heterocycles. The Morgan fingerprint density at radius 2 is 0.947 bits per heavy atom. The Balaban J connectivity index is 2.23. The van der Waals surface area contributed by atoms with Crippen LogP contribution in [0.5, 0.6) is 0 Å². The summed E-state index contributed by atoms with van der Waals surface area (Å²) in [4.78, 5) is 0. The van der Waals surface area contributed by atoms with E-state index in [1.807, 2.05) is 0 Å². The first kappa shape index (κ1) is 15.1. The summed E-state index contributed by atoms with van der Waals surface area (Å²) >= 11 is 0. The molecule has 0 aromatic heterocycles. The molecule has 0 aromatic carbocycles. The molecular weight excluding hydrogens is 244 g/mol. The molecule has 2 aliphatic rings. The van der Waals surface area contributed by atoms with Crippen LogP contribution in [0.4, 0.5) is 0 Å². The van der Waals surface area contributed by atoms with Gasteiger partial charge in [0.05, 0.1) is 0 Å². The van der Waals surface area contributed by atoms with E-state index in [0.29, 0.717) is 0 Å². The maximum absolute atomic E-state index is 4.13. The van der Waals surface area contributed by atoms with Crippen molar-refractivity contribution in [3.8, 4) is 0 Å². The van der Waals surface area contributed by atoms with Gasteiger partial charge in [-0.25, -0.2) is 0 Å². The number of rotatable bonds is 4. The Morgan fingerprint density at radius 3 is 1.16 bits per heavy atom. The fourth-order valence-corrected chi connectivity index (χ4v) is 5.93. The van der Waals surface area contributed by atoms with Gasteiger partial charge in [0.1, 0.15) is 8.07 Å². The van der Waals surface area contributed by atoms with Crippen LogP contribution in [0.15, 0.2) is 24.6 Å². The summed E-state index contributed by atoms with van der Waals surface area (Å²) in [6, 6.07) is 0. The van der Waals surface area contributed by atoms with E-state index in [9.17, 15) is 0 Å². The van der Waals surface area contributed by atoms with Gasteiger partial charge in [0.25, 0.3) is 0 Å². The lowest BCUT2D eigenvalue weighted by atomic mass is 10.0. The highest BCUT2D eigenvalue weighted by molar-refractivity contribution is 6.99. The molecule has 0 saturated heterocycles. The van der Waals surface area contributed by atoms with Crippen LogP contribution in [0.1, 0.15) is 27.7 Å². The molecule has 0 atom stereocenters. The molecule has 2 saturated carbocycles. The van der Waals surface area contributed by atoms with Gasteiger partial charge in [-0.2, -0.15) is 0 Å². The molecule has 0 spiro atoms. The third kappa shape index (κ3) is 2.51. The van der Waals surface area contributed by atoms with Gasteiger partial charge in [-0.15, -0.1) is 13.2 Å². The van der Waals surface area contributed by atoms with Crippen molar-refractivity contribution in [2.75, 3.05) is 0 Å². The second-order valence-corrected chi connectivity index (χ2v) is 9.21. The van der Waals surface area contributed by atoms with Crippen LogP contribution in [0.3, 0.4) is 0 Å². The third-order valence-corrected chi connectivity index (χ3v) is 8.11. The van der Waals surface area contributed by atoms with Gasteiger partial charge in [0.2, 0.25) is 0 Å². The zero-order valence-corrected chi connectivity index (χ0v) is 13.4. The smallest absolute Gasteiger partial charge is 0.107 e. The molecular formula is C18H22Si. The lowest BCUT2D eigenvalue weighted by molar-refractivity contribution is 1.08. The van der Waals surface area contributed by atoms with Crippen LogP contribution in [0, 0.1) is 60.4 Å². The predicted molar refractivity (Wildman–Crippen MR) is 85.5 cm³/mol. The molecule has 1 heteroatoms. The van der Waals surface area contributed by atoms with Gasteiger partial charge >= 0.3 is 0 Å². The molecule has 0 N–H and O–H groups in total. The highest BCUT2D eigenvalue weighted by atomic mass is 28.3. The van der Waals surface area contributed by atoms with Crippen molar-refractivity contribution in [3.63, 3.8) is 0 Å². The summed E-state index contributed by atoms with van der Waals surface area (Å²) in [5.74, 6) is 5.43. The summed E-state index contributed by atoms with van der Waals surface area (Å²) in [6.07, 6.45) is 9.23. The molecule has 19 heavy (non-hydrogen) atoms. The van der Waals surface area contributed by atoms with Crippen LogP contribution in [0.25, 0.3) is 0 Å². The average molecular weight is 266 g/mol. The van der Waals surface area contributed by atoms with E-state index in [0.717, 1.165) is 0 Å². The first-order chi connectivity index (χ1) is 8.94. The van der Waals surface area contributed by atoms with Crippen molar-refractivity contribution in [1.82, 2.24) is 0 Å². The van der Waals surface area contributed by atoms with Gasteiger partial charge in [-0.3, -0.25) is 0 Å². The summed E-state index contributed by atoms with van der Waals surface area (Å²) in [7, 11) is -1.99. The molecule has 10 radical (unpaired) electrons. The van der Waals surface area contributed by atoms with Crippen molar-refractivity contribution >= 4 is 8.07 Å². The predicted octanol–water partition coefficient (Wildman–Crippen LogP) is 4.33. The Hall–Kier alpha value is -0.303. The van der Waals surface area contributed by atoms with E-state index in [4.69, 9.17) is 0 Å². The van der Waals surface area contributed by atoms with Gasteiger partial charge in [0, 0.05) is 0 Å². The van der Waals surface area contributed by atoms with E-state index in [1.165, 1.54) is 34.8 Å². The molecule has 0 aromatic rings. The largest absolute Gasteiger partial charge is 0.115 e. The van der Waals surface area contributed by atoms with Crippen LogP contribution >= 0.6 is 0 Å². The Labute approximate surface area is 121 Å². The van der Waals surface area contributed by atoms with E-state index < -0.39 is 8.07 Å². The normalized spacial score (nSPS) is 26.3.